The smallest absolute Gasteiger partial charge is 0.190 e. The number of nitrogens with two attached hydrogens (primary N) is 1. The maximum absolute atomic E-state index is 5.90. The molecule has 5 heteroatoms. The number of aromatic nitrogens is 2. The molecule has 15 heavy (non-hydrogen) atoms. The summed E-state index contributed by atoms with van der Waals surface area (Å²) in [6.07, 6.45) is 1.02. The fourth-order valence-corrected chi connectivity index (χ4v) is 2.95. The van der Waals surface area contributed by atoms with Gasteiger partial charge in [-0.15, -0.1) is 11.3 Å². The maximum atomic E-state index is 5.90. The van der Waals surface area contributed by atoms with Crippen molar-refractivity contribution < 1.29 is 0 Å². The topological polar surface area (TPSA) is 51.8 Å². The van der Waals surface area contributed by atoms with E-state index in [1.807, 2.05) is 0 Å². The Bertz CT molecular complexity index is 479. The van der Waals surface area contributed by atoms with E-state index >= 15 is 0 Å². The molecule has 2 aromatic heterocycles. The predicted molar refractivity (Wildman–Crippen MR) is 67.6 cm³/mol. The number of thioether (sulfide) groups is 1. The lowest BCUT2D eigenvalue weighted by molar-refractivity contribution is 1.02. The molecule has 0 spiro atoms. The van der Waals surface area contributed by atoms with Crippen LogP contribution in [0, 0.1) is 0 Å². The summed E-state index contributed by atoms with van der Waals surface area (Å²) in [6.45, 7) is 4.22. The van der Waals surface area contributed by atoms with Gasteiger partial charge in [0.25, 0.3) is 0 Å². The standard InChI is InChI=1S/C10H13N3S2/c1-3-6-5-7-8(11)12-10(14-4-2)13-9(7)15-6/h5H,3-4H2,1-2H3,(H2,11,12,13). The number of nitrogen functional groups attached to an aromatic ring is 1. The lowest BCUT2D eigenvalue weighted by Crippen LogP contribution is -1.94. The molecule has 2 aromatic rings. The minimum atomic E-state index is 0.604. The van der Waals surface area contributed by atoms with Crippen LogP contribution >= 0.6 is 23.1 Å². The Hall–Kier alpha value is -0.810. The number of thiophene rings is 1. The zero-order valence-corrected chi connectivity index (χ0v) is 10.4. The predicted octanol–water partition coefficient (Wildman–Crippen LogP) is 2.95. The summed E-state index contributed by atoms with van der Waals surface area (Å²) in [5.74, 6) is 1.57. The molecule has 0 aromatic carbocycles. The van der Waals surface area contributed by atoms with Gasteiger partial charge in [-0.25, -0.2) is 9.97 Å². The zero-order valence-electron chi connectivity index (χ0n) is 8.78. The van der Waals surface area contributed by atoms with Crippen molar-refractivity contribution in [2.24, 2.45) is 0 Å². The van der Waals surface area contributed by atoms with Gasteiger partial charge in [0.2, 0.25) is 0 Å². The highest BCUT2D eigenvalue weighted by atomic mass is 32.2. The highest BCUT2D eigenvalue weighted by molar-refractivity contribution is 7.99. The van der Waals surface area contributed by atoms with Crippen molar-refractivity contribution in [1.82, 2.24) is 9.97 Å². The van der Waals surface area contributed by atoms with E-state index in [-0.39, 0.29) is 0 Å². The van der Waals surface area contributed by atoms with Crippen molar-refractivity contribution in [3.8, 4) is 0 Å². The van der Waals surface area contributed by atoms with Gasteiger partial charge in [0.05, 0.1) is 5.39 Å². The van der Waals surface area contributed by atoms with Crippen molar-refractivity contribution in [2.75, 3.05) is 11.5 Å². The molecule has 0 aliphatic rings. The number of hydrogen-bond donors (Lipinski definition) is 1. The molecule has 0 bridgehead atoms. The number of aryl methyl sites for hydroxylation is 1. The highest BCUT2D eigenvalue weighted by Crippen LogP contribution is 2.29. The average molecular weight is 239 g/mol. The molecule has 3 nitrogen and oxygen atoms in total. The first-order chi connectivity index (χ1) is 7.24. The normalized spacial score (nSPS) is 11.1. The van der Waals surface area contributed by atoms with Gasteiger partial charge in [-0.05, 0) is 18.2 Å². The lowest BCUT2D eigenvalue weighted by Gasteiger charge is -1.99. The Morgan fingerprint density at radius 3 is 2.87 bits per heavy atom. The summed E-state index contributed by atoms with van der Waals surface area (Å²) in [5.41, 5.74) is 5.90. The van der Waals surface area contributed by atoms with Gasteiger partial charge in [-0.3, -0.25) is 0 Å². The van der Waals surface area contributed by atoms with Crippen LogP contribution in [-0.2, 0) is 6.42 Å². The number of hydrogen-bond acceptors (Lipinski definition) is 5. The van der Waals surface area contributed by atoms with Crippen LogP contribution in [0.25, 0.3) is 10.2 Å². The van der Waals surface area contributed by atoms with Crippen molar-refractivity contribution in [2.45, 2.75) is 25.4 Å². The monoisotopic (exact) mass is 239 g/mol. The third-order valence-electron chi connectivity index (χ3n) is 2.07. The van der Waals surface area contributed by atoms with Gasteiger partial charge in [0, 0.05) is 4.88 Å². The first kappa shape index (κ1) is 10.7. The van der Waals surface area contributed by atoms with E-state index < -0.39 is 0 Å². The minimum absolute atomic E-state index is 0.604. The van der Waals surface area contributed by atoms with Crippen molar-refractivity contribution >= 4 is 39.1 Å². The molecule has 2 N–H and O–H groups in total. The van der Waals surface area contributed by atoms with Crippen LogP contribution < -0.4 is 5.73 Å². The molecule has 2 rings (SSSR count). The SMILES string of the molecule is CCSc1nc(N)c2cc(CC)sc2n1. The van der Waals surface area contributed by atoms with Crippen molar-refractivity contribution in [1.29, 1.82) is 0 Å². The fraction of sp³-hybridized carbons (Fsp3) is 0.400. The Kier molecular flexibility index (Phi) is 3.11. The second kappa shape index (κ2) is 4.37. The Balaban J connectivity index is 2.54. The molecule has 80 valence electrons. The largest absolute Gasteiger partial charge is 0.383 e. The molecule has 0 aliphatic carbocycles. The summed E-state index contributed by atoms with van der Waals surface area (Å²) >= 11 is 3.33. The first-order valence-electron chi connectivity index (χ1n) is 4.93. The van der Waals surface area contributed by atoms with Gasteiger partial charge in [-0.1, -0.05) is 25.6 Å². The van der Waals surface area contributed by atoms with Gasteiger partial charge in [-0.2, -0.15) is 0 Å². The Labute approximate surface area is 97.1 Å². The van der Waals surface area contributed by atoms with Crippen LogP contribution in [0.15, 0.2) is 11.2 Å². The molecule has 0 unspecified atom stereocenters. The van der Waals surface area contributed by atoms with E-state index in [1.165, 1.54) is 4.88 Å². The van der Waals surface area contributed by atoms with Gasteiger partial charge < -0.3 is 5.73 Å². The summed E-state index contributed by atoms with van der Waals surface area (Å²) in [7, 11) is 0. The van der Waals surface area contributed by atoms with E-state index in [2.05, 4.69) is 29.9 Å². The van der Waals surface area contributed by atoms with E-state index in [1.54, 1.807) is 23.1 Å². The average Bonchev–Trinajstić information content (AvgIpc) is 2.62. The van der Waals surface area contributed by atoms with Gasteiger partial charge in [0.15, 0.2) is 5.16 Å². The van der Waals surface area contributed by atoms with Crippen LogP contribution in [0.2, 0.25) is 0 Å². The second-order valence-electron chi connectivity index (χ2n) is 3.11. The van der Waals surface area contributed by atoms with Crippen LogP contribution in [0.1, 0.15) is 18.7 Å². The summed E-state index contributed by atoms with van der Waals surface area (Å²) in [4.78, 5) is 11.1. The highest BCUT2D eigenvalue weighted by Gasteiger charge is 2.08. The Morgan fingerprint density at radius 2 is 2.20 bits per heavy atom. The molecule has 0 aliphatic heterocycles. The molecule has 0 saturated heterocycles. The number of nitrogens with zero attached hydrogens (tertiary/aromatic N) is 2. The third-order valence-corrected chi connectivity index (χ3v) is 3.98. The van der Waals surface area contributed by atoms with Crippen LogP contribution in [0.5, 0.6) is 0 Å². The summed E-state index contributed by atoms with van der Waals surface area (Å²) < 4.78 is 0. The van der Waals surface area contributed by atoms with Crippen LogP contribution in [0.4, 0.5) is 5.82 Å². The number of fused-ring (bicyclic) bond motifs is 1. The third kappa shape index (κ3) is 2.08. The quantitative estimate of drug-likeness (QED) is 0.661. The van der Waals surface area contributed by atoms with E-state index in [0.29, 0.717) is 5.82 Å². The number of anilines is 1. The fourth-order valence-electron chi connectivity index (χ4n) is 1.34. The van der Waals surface area contributed by atoms with E-state index in [9.17, 15) is 0 Å². The summed E-state index contributed by atoms with van der Waals surface area (Å²) in [6, 6.07) is 2.09. The molecule has 0 radical (unpaired) electrons. The lowest BCUT2D eigenvalue weighted by atomic mass is 10.3. The molecule has 0 fully saturated rings. The minimum Gasteiger partial charge on any atom is -0.383 e. The van der Waals surface area contributed by atoms with Crippen molar-refractivity contribution in [3.05, 3.63) is 10.9 Å². The number of rotatable bonds is 3. The zero-order chi connectivity index (χ0) is 10.8. The molecule has 0 amide bonds. The summed E-state index contributed by atoms with van der Waals surface area (Å²) in [5, 5.41) is 1.78. The Morgan fingerprint density at radius 1 is 1.40 bits per heavy atom. The first-order valence-corrected chi connectivity index (χ1v) is 6.73. The molecule has 2 heterocycles. The van der Waals surface area contributed by atoms with E-state index in [4.69, 9.17) is 5.73 Å². The van der Waals surface area contributed by atoms with Gasteiger partial charge >= 0.3 is 0 Å². The molecule has 0 saturated carbocycles. The van der Waals surface area contributed by atoms with Crippen LogP contribution in [0.3, 0.4) is 0 Å². The molecular formula is C10H13N3S2. The van der Waals surface area contributed by atoms with Gasteiger partial charge in [0.1, 0.15) is 10.6 Å². The van der Waals surface area contributed by atoms with E-state index in [0.717, 1.165) is 27.5 Å². The molecule has 0 atom stereocenters. The maximum Gasteiger partial charge on any atom is 0.190 e. The van der Waals surface area contributed by atoms with Crippen LogP contribution in [-0.4, -0.2) is 15.7 Å². The molecular weight excluding hydrogens is 226 g/mol. The van der Waals surface area contributed by atoms with Crippen molar-refractivity contribution in [3.63, 3.8) is 0 Å². The second-order valence-corrected chi connectivity index (χ2v) is 5.46.